The van der Waals surface area contributed by atoms with Gasteiger partial charge >= 0.3 is 0 Å². The molecule has 0 heterocycles. The summed E-state index contributed by atoms with van der Waals surface area (Å²) in [5, 5.41) is 0. The summed E-state index contributed by atoms with van der Waals surface area (Å²) >= 11 is 0. The highest BCUT2D eigenvalue weighted by molar-refractivity contribution is 5.94. The van der Waals surface area contributed by atoms with Crippen LogP contribution in [0.25, 0.3) is 0 Å². The van der Waals surface area contributed by atoms with E-state index in [0.29, 0.717) is 30.1 Å². The summed E-state index contributed by atoms with van der Waals surface area (Å²) < 4.78 is 12.3. The summed E-state index contributed by atoms with van der Waals surface area (Å²) in [6.45, 7) is 6.13. The maximum atomic E-state index is 12.2. The fraction of sp³-hybridized carbons (Fsp3) is 0.600. The van der Waals surface area contributed by atoms with E-state index in [4.69, 9.17) is 9.47 Å². The minimum atomic E-state index is -0.195. The molecule has 0 aliphatic heterocycles. The highest BCUT2D eigenvalue weighted by Gasteiger charge is 2.76. The summed E-state index contributed by atoms with van der Waals surface area (Å²) in [6, 6.07) is 8.33. The van der Waals surface area contributed by atoms with Gasteiger partial charge in [0.1, 0.15) is 0 Å². The third-order valence-corrected chi connectivity index (χ3v) is 10.1. The van der Waals surface area contributed by atoms with Crippen LogP contribution in [-0.2, 0) is 14.3 Å². The molecular formula is C30H36O4. The number of benzene rings is 1. The first-order valence-corrected chi connectivity index (χ1v) is 13.1. The number of fused-ring (bicyclic) bond motifs is 6. The Hall–Kier alpha value is -2.04. The highest BCUT2D eigenvalue weighted by Crippen LogP contribution is 2.77. The number of ketones is 2. The van der Waals surface area contributed by atoms with Gasteiger partial charge in [0.05, 0.1) is 5.60 Å². The molecule has 3 fully saturated rings. The predicted molar refractivity (Wildman–Crippen MR) is 130 cm³/mol. The van der Waals surface area contributed by atoms with Gasteiger partial charge in [-0.05, 0) is 92.9 Å². The first-order chi connectivity index (χ1) is 16.3. The molecule has 5 aliphatic carbocycles. The van der Waals surface area contributed by atoms with E-state index in [1.54, 1.807) is 19.6 Å². The van der Waals surface area contributed by atoms with Crippen molar-refractivity contribution in [3.8, 4) is 0 Å². The van der Waals surface area contributed by atoms with Crippen LogP contribution in [0.15, 0.2) is 47.1 Å². The van der Waals surface area contributed by atoms with Crippen molar-refractivity contribution in [2.24, 2.45) is 23.2 Å². The number of carbonyl (C=O) groups excluding carboxylic acids is 2. The molecule has 1 aromatic carbocycles. The molecule has 1 aromatic rings. The van der Waals surface area contributed by atoms with Crippen molar-refractivity contribution in [3.05, 3.63) is 58.2 Å². The van der Waals surface area contributed by atoms with Crippen molar-refractivity contribution >= 4 is 11.6 Å². The Bertz CT molecular complexity index is 1110. The minimum absolute atomic E-state index is 0.0838. The lowest BCUT2D eigenvalue weighted by molar-refractivity contribution is -0.198. The number of allylic oxidation sites excluding steroid dienone is 4. The highest BCUT2D eigenvalue weighted by atomic mass is 16.7. The topological polar surface area (TPSA) is 52.6 Å². The van der Waals surface area contributed by atoms with E-state index < -0.39 is 0 Å². The largest absolute Gasteiger partial charge is 0.356 e. The van der Waals surface area contributed by atoms with E-state index in [1.807, 2.05) is 25.1 Å². The van der Waals surface area contributed by atoms with Gasteiger partial charge in [-0.15, -0.1) is 0 Å². The zero-order chi connectivity index (χ0) is 23.8. The quantitative estimate of drug-likeness (QED) is 0.390. The molecule has 180 valence electrons. The van der Waals surface area contributed by atoms with Crippen molar-refractivity contribution in [2.75, 3.05) is 7.11 Å². The van der Waals surface area contributed by atoms with Gasteiger partial charge in [-0.25, -0.2) is 0 Å². The molecule has 5 aliphatic rings. The average Bonchev–Trinajstić information content (AvgIpc) is 3.47. The van der Waals surface area contributed by atoms with Crippen molar-refractivity contribution in [3.63, 3.8) is 0 Å². The van der Waals surface area contributed by atoms with Gasteiger partial charge in [0.25, 0.3) is 0 Å². The Morgan fingerprint density at radius 1 is 1.12 bits per heavy atom. The summed E-state index contributed by atoms with van der Waals surface area (Å²) in [5.41, 5.74) is 6.43. The number of hydrogen-bond donors (Lipinski definition) is 0. The molecule has 0 radical (unpaired) electrons. The van der Waals surface area contributed by atoms with Gasteiger partial charge in [-0.2, -0.15) is 0 Å². The zero-order valence-corrected chi connectivity index (χ0v) is 20.9. The maximum Gasteiger partial charge on any atom is 0.159 e. The van der Waals surface area contributed by atoms with Crippen LogP contribution in [0.4, 0.5) is 0 Å². The van der Waals surface area contributed by atoms with Crippen molar-refractivity contribution in [1.29, 1.82) is 0 Å². The summed E-state index contributed by atoms with van der Waals surface area (Å²) in [7, 11) is 1.73. The Balaban J connectivity index is 1.47. The second-order valence-corrected chi connectivity index (χ2v) is 11.6. The fourth-order valence-corrected chi connectivity index (χ4v) is 8.39. The summed E-state index contributed by atoms with van der Waals surface area (Å²) in [4.78, 5) is 24.2. The fourth-order valence-electron chi connectivity index (χ4n) is 8.39. The smallest absolute Gasteiger partial charge is 0.159 e. The Kier molecular flexibility index (Phi) is 5.10. The van der Waals surface area contributed by atoms with E-state index in [-0.39, 0.29) is 28.9 Å². The summed E-state index contributed by atoms with van der Waals surface area (Å²) in [6.07, 6.45) is 8.84. The molecule has 0 N–H and O–H groups in total. The van der Waals surface area contributed by atoms with Gasteiger partial charge < -0.3 is 9.47 Å². The van der Waals surface area contributed by atoms with E-state index in [9.17, 15) is 9.59 Å². The van der Waals surface area contributed by atoms with Crippen LogP contribution >= 0.6 is 0 Å². The lowest BCUT2D eigenvalue weighted by Crippen LogP contribution is -2.49. The minimum Gasteiger partial charge on any atom is -0.356 e. The predicted octanol–water partition coefficient (Wildman–Crippen LogP) is 6.17. The number of Topliss-reactive ketones (excluding diaryl/α,β-unsaturated/α-hetero) is 1. The van der Waals surface area contributed by atoms with Crippen LogP contribution < -0.4 is 0 Å². The van der Waals surface area contributed by atoms with Crippen LogP contribution in [-0.4, -0.2) is 30.6 Å². The maximum absolute atomic E-state index is 12.2. The SMILES string of the molecule is COC(C)OC12C[C@@H]1C[C@H]1[C@@H]3CCC4=CC(=O)CCC4=C3[C@@H](c3ccc(C(C)=O)cc3)C[C@@]12C. The van der Waals surface area contributed by atoms with Gasteiger partial charge in [-0.1, -0.05) is 36.8 Å². The first kappa shape index (κ1) is 22.4. The lowest BCUT2D eigenvalue weighted by Gasteiger charge is -2.54. The van der Waals surface area contributed by atoms with Gasteiger partial charge in [-0.3, -0.25) is 9.59 Å². The number of hydrogen-bond acceptors (Lipinski definition) is 4. The molecule has 4 heteroatoms. The number of carbonyl (C=O) groups is 2. The molecule has 0 amide bonds. The van der Waals surface area contributed by atoms with E-state index in [0.717, 1.165) is 37.7 Å². The number of rotatable bonds is 5. The Morgan fingerprint density at radius 2 is 1.88 bits per heavy atom. The van der Waals surface area contributed by atoms with Crippen LogP contribution in [0.5, 0.6) is 0 Å². The molecule has 0 aromatic heterocycles. The molecule has 0 saturated heterocycles. The second-order valence-electron chi connectivity index (χ2n) is 11.6. The normalized spacial score (nSPS) is 38.9. The number of methoxy groups -OCH3 is 1. The van der Waals surface area contributed by atoms with Crippen molar-refractivity contribution < 1.29 is 19.1 Å². The Labute approximate surface area is 202 Å². The van der Waals surface area contributed by atoms with Crippen molar-refractivity contribution in [1.82, 2.24) is 0 Å². The molecule has 3 saturated carbocycles. The third kappa shape index (κ3) is 3.10. The standard InChI is InChI=1S/C30H36O4/c1-17(31)19-5-7-20(8-6-19)26-16-29(3)27(14-22-15-30(22,29)34-18(2)33-4)25-11-9-21-13-23(32)10-12-24(21)28(25)26/h5-8,13,18,22,25-27H,9-12,14-16H2,1-4H3/t18?,22-,25-,26+,27-,29-,30?/m0/s1. The summed E-state index contributed by atoms with van der Waals surface area (Å²) in [5.74, 6) is 2.47. The molecular weight excluding hydrogens is 424 g/mol. The lowest BCUT2D eigenvalue weighted by atomic mass is 9.51. The van der Waals surface area contributed by atoms with Crippen LogP contribution in [0.1, 0.15) is 87.6 Å². The molecule has 2 unspecified atom stereocenters. The van der Waals surface area contributed by atoms with Gasteiger partial charge in [0.2, 0.25) is 0 Å². The molecule has 4 nitrogen and oxygen atoms in total. The molecule has 6 rings (SSSR count). The van der Waals surface area contributed by atoms with Crippen LogP contribution in [0.2, 0.25) is 0 Å². The van der Waals surface area contributed by atoms with Gasteiger partial charge in [0.15, 0.2) is 17.9 Å². The average molecular weight is 461 g/mol. The number of ether oxygens (including phenoxy) is 2. The molecule has 34 heavy (non-hydrogen) atoms. The zero-order valence-electron chi connectivity index (χ0n) is 20.9. The van der Waals surface area contributed by atoms with Crippen LogP contribution in [0.3, 0.4) is 0 Å². The molecule has 0 spiro atoms. The monoisotopic (exact) mass is 460 g/mol. The van der Waals surface area contributed by atoms with E-state index in [1.165, 1.54) is 23.1 Å². The van der Waals surface area contributed by atoms with E-state index in [2.05, 4.69) is 19.1 Å². The Morgan fingerprint density at radius 3 is 2.59 bits per heavy atom. The molecule has 0 bridgehead atoms. The van der Waals surface area contributed by atoms with Crippen LogP contribution in [0, 0.1) is 23.2 Å². The van der Waals surface area contributed by atoms with Gasteiger partial charge in [0, 0.05) is 30.4 Å². The first-order valence-electron chi connectivity index (χ1n) is 13.1. The van der Waals surface area contributed by atoms with Crippen molar-refractivity contribution in [2.45, 2.75) is 83.5 Å². The molecule has 7 atom stereocenters. The third-order valence-electron chi connectivity index (χ3n) is 10.1. The second kappa shape index (κ2) is 7.73. The van der Waals surface area contributed by atoms with E-state index >= 15 is 0 Å².